The van der Waals surface area contributed by atoms with E-state index in [1.165, 1.54) is 6.07 Å². The number of aryl methyl sites for hydroxylation is 1. The van der Waals surface area contributed by atoms with Crippen LogP contribution in [0.25, 0.3) is 0 Å². The van der Waals surface area contributed by atoms with Crippen LogP contribution >= 0.6 is 0 Å². The van der Waals surface area contributed by atoms with Gasteiger partial charge < -0.3 is 9.84 Å². The number of alkyl halides is 2. The van der Waals surface area contributed by atoms with Gasteiger partial charge in [-0.2, -0.15) is 8.78 Å². The van der Waals surface area contributed by atoms with Gasteiger partial charge in [-0.3, -0.25) is 0 Å². The van der Waals surface area contributed by atoms with E-state index in [2.05, 4.69) is 4.74 Å². The maximum atomic E-state index is 12.0. The molecule has 1 aromatic carbocycles. The lowest BCUT2D eigenvalue weighted by atomic mass is 10.1. The molecule has 2 rings (SSSR count). The van der Waals surface area contributed by atoms with Crippen LogP contribution in [0.3, 0.4) is 0 Å². The van der Waals surface area contributed by atoms with Gasteiger partial charge in [-0.15, -0.1) is 0 Å². The summed E-state index contributed by atoms with van der Waals surface area (Å²) in [6.07, 6.45) is 0.635. The largest absolute Gasteiger partial charge is 0.434 e. The highest BCUT2D eigenvalue weighted by Crippen LogP contribution is 2.38. The minimum absolute atomic E-state index is 0.0995. The van der Waals surface area contributed by atoms with Gasteiger partial charge in [0, 0.05) is 5.56 Å². The molecule has 0 saturated heterocycles. The summed E-state index contributed by atoms with van der Waals surface area (Å²) in [4.78, 5) is 0. The average molecular weight is 200 g/mol. The fourth-order valence-electron chi connectivity index (χ4n) is 1.82. The van der Waals surface area contributed by atoms with Gasteiger partial charge in [-0.05, 0) is 24.5 Å². The number of fused-ring (bicyclic) bond motifs is 1. The van der Waals surface area contributed by atoms with E-state index in [9.17, 15) is 13.9 Å². The molecule has 1 atom stereocenters. The summed E-state index contributed by atoms with van der Waals surface area (Å²) in [5.74, 6) is 0.0995. The van der Waals surface area contributed by atoms with E-state index in [-0.39, 0.29) is 5.75 Å². The number of rotatable bonds is 2. The summed E-state index contributed by atoms with van der Waals surface area (Å²) < 4.78 is 28.4. The predicted octanol–water partition coefficient (Wildman–Crippen LogP) is 2.27. The van der Waals surface area contributed by atoms with Crippen molar-refractivity contribution < 1.29 is 18.6 Å². The predicted molar refractivity (Wildman–Crippen MR) is 46.4 cm³/mol. The number of aliphatic hydroxyl groups excluding tert-OH is 1. The van der Waals surface area contributed by atoms with E-state index < -0.39 is 12.7 Å². The Hall–Kier alpha value is -1.16. The Morgan fingerprint density at radius 1 is 1.43 bits per heavy atom. The minimum atomic E-state index is -2.84. The van der Waals surface area contributed by atoms with Crippen LogP contribution in [0.4, 0.5) is 8.78 Å². The van der Waals surface area contributed by atoms with Crippen LogP contribution in [0.5, 0.6) is 5.75 Å². The molecule has 0 aromatic heterocycles. The molecule has 4 heteroatoms. The molecular weight excluding hydrogens is 190 g/mol. The summed E-state index contributed by atoms with van der Waals surface area (Å²) in [7, 11) is 0. The van der Waals surface area contributed by atoms with Crippen LogP contribution in [-0.2, 0) is 6.42 Å². The molecule has 1 unspecified atom stereocenters. The number of hydrogen-bond acceptors (Lipinski definition) is 2. The Labute approximate surface area is 80.1 Å². The zero-order chi connectivity index (χ0) is 10.1. The van der Waals surface area contributed by atoms with Crippen molar-refractivity contribution in [2.75, 3.05) is 0 Å². The van der Waals surface area contributed by atoms with Crippen molar-refractivity contribution in [3.05, 3.63) is 29.3 Å². The summed E-state index contributed by atoms with van der Waals surface area (Å²) >= 11 is 0. The fraction of sp³-hybridized carbons (Fsp3) is 0.400. The van der Waals surface area contributed by atoms with Crippen molar-refractivity contribution in [3.8, 4) is 5.75 Å². The highest BCUT2D eigenvalue weighted by molar-refractivity contribution is 5.44. The van der Waals surface area contributed by atoms with Gasteiger partial charge in [0.05, 0.1) is 6.10 Å². The summed E-state index contributed by atoms with van der Waals surface area (Å²) in [6.45, 7) is -2.84. The first-order valence-electron chi connectivity index (χ1n) is 4.43. The molecule has 1 aliphatic rings. The number of ether oxygens (including phenoxy) is 1. The molecule has 1 aliphatic carbocycles. The van der Waals surface area contributed by atoms with Gasteiger partial charge in [0.25, 0.3) is 0 Å². The maximum absolute atomic E-state index is 12.0. The van der Waals surface area contributed by atoms with Crippen LogP contribution in [-0.4, -0.2) is 11.7 Å². The average Bonchev–Trinajstić information content (AvgIpc) is 2.48. The van der Waals surface area contributed by atoms with E-state index in [0.29, 0.717) is 12.0 Å². The standard InChI is InChI=1S/C10H10F2O2/c11-10(12)14-8-3-1-2-6-4-5-7(13)9(6)8/h1-3,7,10,13H,4-5H2. The van der Waals surface area contributed by atoms with Crippen LogP contribution in [0.15, 0.2) is 18.2 Å². The zero-order valence-corrected chi connectivity index (χ0v) is 7.41. The van der Waals surface area contributed by atoms with E-state index >= 15 is 0 Å². The fourth-order valence-corrected chi connectivity index (χ4v) is 1.82. The van der Waals surface area contributed by atoms with Gasteiger partial charge in [0.2, 0.25) is 0 Å². The normalized spacial score (nSPS) is 19.9. The van der Waals surface area contributed by atoms with Crippen molar-refractivity contribution >= 4 is 0 Å². The molecule has 1 aromatic rings. The Bertz CT molecular complexity index is 339. The van der Waals surface area contributed by atoms with Crippen LogP contribution in [0, 0.1) is 0 Å². The molecule has 0 saturated carbocycles. The monoisotopic (exact) mass is 200 g/mol. The Morgan fingerprint density at radius 3 is 2.93 bits per heavy atom. The van der Waals surface area contributed by atoms with Crippen molar-refractivity contribution in [3.63, 3.8) is 0 Å². The van der Waals surface area contributed by atoms with Crippen molar-refractivity contribution in [1.82, 2.24) is 0 Å². The molecule has 0 spiro atoms. The third kappa shape index (κ3) is 1.57. The first-order valence-corrected chi connectivity index (χ1v) is 4.43. The van der Waals surface area contributed by atoms with Crippen LogP contribution in [0.2, 0.25) is 0 Å². The lowest BCUT2D eigenvalue weighted by Gasteiger charge is -2.11. The highest BCUT2D eigenvalue weighted by Gasteiger charge is 2.25. The Morgan fingerprint density at radius 2 is 2.21 bits per heavy atom. The Kier molecular flexibility index (Phi) is 2.37. The van der Waals surface area contributed by atoms with Gasteiger partial charge >= 0.3 is 6.61 Å². The molecule has 1 N–H and O–H groups in total. The van der Waals surface area contributed by atoms with Crippen LogP contribution in [0.1, 0.15) is 23.7 Å². The van der Waals surface area contributed by atoms with Crippen LogP contribution < -0.4 is 4.74 Å². The van der Waals surface area contributed by atoms with Gasteiger partial charge in [0.1, 0.15) is 5.75 Å². The molecular formula is C10H10F2O2. The highest BCUT2D eigenvalue weighted by atomic mass is 19.3. The first kappa shape index (κ1) is 9.40. The van der Waals surface area contributed by atoms with Crippen molar-refractivity contribution in [2.24, 2.45) is 0 Å². The first-order chi connectivity index (χ1) is 6.68. The molecule has 14 heavy (non-hydrogen) atoms. The molecule has 76 valence electrons. The minimum Gasteiger partial charge on any atom is -0.434 e. The second-order valence-electron chi connectivity index (χ2n) is 3.26. The second-order valence-corrected chi connectivity index (χ2v) is 3.26. The summed E-state index contributed by atoms with van der Waals surface area (Å²) in [6, 6.07) is 4.94. The number of halogens is 2. The third-order valence-corrected chi connectivity index (χ3v) is 2.39. The Balaban J connectivity index is 2.36. The topological polar surface area (TPSA) is 29.5 Å². The summed E-state index contributed by atoms with van der Waals surface area (Å²) in [5.41, 5.74) is 1.42. The van der Waals surface area contributed by atoms with E-state index in [4.69, 9.17) is 0 Å². The molecule has 0 radical (unpaired) electrons. The molecule has 0 bridgehead atoms. The summed E-state index contributed by atoms with van der Waals surface area (Å²) in [5, 5.41) is 9.55. The number of benzene rings is 1. The quantitative estimate of drug-likeness (QED) is 0.793. The molecule has 0 heterocycles. The number of aliphatic hydroxyl groups is 1. The molecule has 2 nitrogen and oxygen atoms in total. The third-order valence-electron chi connectivity index (χ3n) is 2.39. The molecule has 0 aliphatic heterocycles. The molecule has 0 fully saturated rings. The SMILES string of the molecule is OC1CCc2cccc(OC(F)F)c21. The lowest BCUT2D eigenvalue weighted by Crippen LogP contribution is -2.05. The van der Waals surface area contributed by atoms with Crippen molar-refractivity contribution in [2.45, 2.75) is 25.6 Å². The maximum Gasteiger partial charge on any atom is 0.387 e. The van der Waals surface area contributed by atoms with Gasteiger partial charge in [-0.1, -0.05) is 12.1 Å². The van der Waals surface area contributed by atoms with Crippen molar-refractivity contribution in [1.29, 1.82) is 0 Å². The molecule has 0 amide bonds. The van der Waals surface area contributed by atoms with E-state index in [0.717, 1.165) is 12.0 Å². The second kappa shape index (κ2) is 3.53. The number of hydrogen-bond donors (Lipinski definition) is 1. The lowest BCUT2D eigenvalue weighted by molar-refractivity contribution is -0.0513. The smallest absolute Gasteiger partial charge is 0.387 e. The van der Waals surface area contributed by atoms with Gasteiger partial charge in [-0.25, -0.2) is 0 Å². The van der Waals surface area contributed by atoms with E-state index in [1.807, 2.05) is 6.07 Å². The zero-order valence-electron chi connectivity index (χ0n) is 7.41. The van der Waals surface area contributed by atoms with Gasteiger partial charge in [0.15, 0.2) is 0 Å². The van der Waals surface area contributed by atoms with E-state index in [1.54, 1.807) is 6.07 Å².